The van der Waals surface area contributed by atoms with Gasteiger partial charge in [0.25, 0.3) is 5.56 Å². The number of carbonyl (C=O) groups is 1. The summed E-state index contributed by atoms with van der Waals surface area (Å²) in [7, 11) is 0. The lowest BCUT2D eigenvalue weighted by Crippen LogP contribution is -2.29. The molecular formula is C22H17FN2O3S. The molecule has 0 amide bonds. The molecule has 0 bridgehead atoms. The number of thiophene rings is 1. The molecule has 0 fully saturated rings. The first kappa shape index (κ1) is 19.0. The Kier molecular flexibility index (Phi) is 5.22. The van der Waals surface area contributed by atoms with Crippen LogP contribution in [0, 0.1) is 5.82 Å². The van der Waals surface area contributed by atoms with Gasteiger partial charge in [0, 0.05) is 10.9 Å². The van der Waals surface area contributed by atoms with E-state index in [-0.39, 0.29) is 18.0 Å². The van der Waals surface area contributed by atoms with Crippen LogP contribution in [0.4, 0.5) is 4.39 Å². The van der Waals surface area contributed by atoms with Gasteiger partial charge in [-0.05, 0) is 30.2 Å². The molecule has 4 rings (SSSR count). The third kappa shape index (κ3) is 3.82. The van der Waals surface area contributed by atoms with Gasteiger partial charge in [0.05, 0.1) is 11.7 Å². The van der Waals surface area contributed by atoms with Crippen molar-refractivity contribution in [3.05, 3.63) is 88.0 Å². The normalized spacial score (nSPS) is 12.1. The van der Waals surface area contributed by atoms with Crippen molar-refractivity contribution in [2.45, 2.75) is 19.6 Å². The molecule has 2 aromatic carbocycles. The van der Waals surface area contributed by atoms with Gasteiger partial charge in [0.2, 0.25) is 0 Å². The average Bonchev–Trinajstić information content (AvgIpc) is 3.18. The molecular weight excluding hydrogens is 391 g/mol. The maximum atomic E-state index is 13.2. The van der Waals surface area contributed by atoms with Gasteiger partial charge in [-0.25, -0.2) is 14.2 Å². The SMILES string of the molecule is C[C@H](C(=O)OCc1ccccc1)n1cnc2scc(-c3ccc(F)cc3)c2c1=O. The molecule has 0 saturated carbocycles. The van der Waals surface area contributed by atoms with E-state index in [2.05, 4.69) is 4.98 Å². The second-order valence-corrected chi connectivity index (χ2v) is 7.42. The van der Waals surface area contributed by atoms with Crippen LogP contribution in [0.1, 0.15) is 18.5 Å². The molecule has 5 nitrogen and oxygen atoms in total. The summed E-state index contributed by atoms with van der Waals surface area (Å²) < 4.78 is 19.9. The van der Waals surface area contributed by atoms with Crippen molar-refractivity contribution < 1.29 is 13.9 Å². The average molecular weight is 408 g/mol. The van der Waals surface area contributed by atoms with Crippen molar-refractivity contribution in [2.75, 3.05) is 0 Å². The number of esters is 1. The molecule has 0 unspecified atom stereocenters. The number of ether oxygens (including phenoxy) is 1. The molecule has 0 aliphatic carbocycles. The quantitative estimate of drug-likeness (QED) is 0.454. The molecule has 0 saturated heterocycles. The van der Waals surface area contributed by atoms with E-state index in [0.717, 1.165) is 5.56 Å². The molecule has 4 aromatic rings. The standard InChI is InChI=1S/C22H17FN2O3S/c1-14(22(27)28-11-15-5-3-2-4-6-15)25-13-24-20-19(21(25)26)18(12-29-20)16-7-9-17(23)10-8-16/h2-10,12-14H,11H2,1H3/t14-/m1/s1. The monoisotopic (exact) mass is 408 g/mol. The minimum Gasteiger partial charge on any atom is -0.459 e. The van der Waals surface area contributed by atoms with Crippen LogP contribution in [-0.2, 0) is 16.1 Å². The Bertz CT molecular complexity index is 1220. The second kappa shape index (κ2) is 7.97. The number of rotatable bonds is 5. The number of nitrogens with zero attached hydrogens (tertiary/aromatic N) is 2. The zero-order valence-electron chi connectivity index (χ0n) is 15.5. The maximum absolute atomic E-state index is 13.2. The van der Waals surface area contributed by atoms with E-state index in [1.807, 2.05) is 35.7 Å². The van der Waals surface area contributed by atoms with E-state index in [4.69, 9.17) is 4.74 Å². The Hall–Kier alpha value is -3.32. The summed E-state index contributed by atoms with van der Waals surface area (Å²) in [5.74, 6) is -0.866. The first-order valence-electron chi connectivity index (χ1n) is 8.99. The minimum atomic E-state index is -0.830. The van der Waals surface area contributed by atoms with Crippen molar-refractivity contribution in [3.63, 3.8) is 0 Å². The molecule has 1 atom stereocenters. The fourth-order valence-corrected chi connectivity index (χ4v) is 3.93. The van der Waals surface area contributed by atoms with Gasteiger partial charge in [-0.3, -0.25) is 9.36 Å². The largest absolute Gasteiger partial charge is 0.459 e. The molecule has 29 heavy (non-hydrogen) atoms. The highest BCUT2D eigenvalue weighted by Crippen LogP contribution is 2.31. The van der Waals surface area contributed by atoms with Gasteiger partial charge in [-0.2, -0.15) is 0 Å². The minimum absolute atomic E-state index is 0.133. The van der Waals surface area contributed by atoms with Gasteiger partial charge in [0.15, 0.2) is 0 Å². The van der Waals surface area contributed by atoms with Crippen LogP contribution in [0.25, 0.3) is 21.3 Å². The summed E-state index contributed by atoms with van der Waals surface area (Å²) >= 11 is 1.33. The highest BCUT2D eigenvalue weighted by molar-refractivity contribution is 7.17. The lowest BCUT2D eigenvalue weighted by atomic mass is 10.1. The molecule has 7 heteroatoms. The molecule has 0 radical (unpaired) electrons. The highest BCUT2D eigenvalue weighted by atomic mass is 32.1. The second-order valence-electron chi connectivity index (χ2n) is 6.56. The van der Waals surface area contributed by atoms with Crippen molar-refractivity contribution in [3.8, 4) is 11.1 Å². The number of hydrogen-bond acceptors (Lipinski definition) is 5. The van der Waals surface area contributed by atoms with Gasteiger partial charge in [-0.15, -0.1) is 11.3 Å². The summed E-state index contributed by atoms with van der Waals surface area (Å²) in [5.41, 5.74) is 1.92. The predicted molar refractivity (Wildman–Crippen MR) is 110 cm³/mol. The Morgan fingerprint density at radius 2 is 1.90 bits per heavy atom. The zero-order valence-corrected chi connectivity index (χ0v) is 16.4. The number of benzene rings is 2. The number of fused-ring (bicyclic) bond motifs is 1. The molecule has 0 N–H and O–H groups in total. The van der Waals surface area contributed by atoms with Crippen LogP contribution in [0.2, 0.25) is 0 Å². The van der Waals surface area contributed by atoms with Crippen LogP contribution in [-0.4, -0.2) is 15.5 Å². The molecule has 0 aliphatic rings. The van der Waals surface area contributed by atoms with Crippen molar-refractivity contribution in [2.24, 2.45) is 0 Å². The Balaban J connectivity index is 1.64. The number of carbonyl (C=O) groups excluding carboxylic acids is 1. The van der Waals surface area contributed by atoms with Gasteiger partial charge >= 0.3 is 5.97 Å². The van der Waals surface area contributed by atoms with Crippen molar-refractivity contribution in [1.29, 1.82) is 0 Å². The summed E-state index contributed by atoms with van der Waals surface area (Å²) in [5, 5.41) is 2.22. The van der Waals surface area contributed by atoms with Crippen LogP contribution in [0.5, 0.6) is 0 Å². The molecule has 146 valence electrons. The summed E-state index contributed by atoms with van der Waals surface area (Å²) in [6.07, 6.45) is 1.37. The Morgan fingerprint density at radius 3 is 2.62 bits per heavy atom. The van der Waals surface area contributed by atoms with Gasteiger partial charge in [0.1, 0.15) is 23.3 Å². The smallest absolute Gasteiger partial charge is 0.329 e. The summed E-state index contributed by atoms with van der Waals surface area (Å²) in [6.45, 7) is 1.74. The third-order valence-corrected chi connectivity index (χ3v) is 5.54. The first-order chi connectivity index (χ1) is 14.0. The predicted octanol–water partition coefficient (Wildman–Crippen LogP) is 4.57. The Morgan fingerprint density at radius 1 is 1.17 bits per heavy atom. The topological polar surface area (TPSA) is 61.2 Å². The van der Waals surface area contributed by atoms with Crippen LogP contribution in [0.3, 0.4) is 0 Å². The van der Waals surface area contributed by atoms with E-state index < -0.39 is 12.0 Å². The lowest BCUT2D eigenvalue weighted by Gasteiger charge is -2.14. The van der Waals surface area contributed by atoms with Crippen molar-refractivity contribution in [1.82, 2.24) is 9.55 Å². The number of halogens is 1. The van der Waals surface area contributed by atoms with Crippen LogP contribution >= 0.6 is 11.3 Å². The summed E-state index contributed by atoms with van der Waals surface area (Å²) in [6, 6.07) is 14.4. The summed E-state index contributed by atoms with van der Waals surface area (Å²) in [4.78, 5) is 30.5. The third-order valence-electron chi connectivity index (χ3n) is 4.66. The number of hydrogen-bond donors (Lipinski definition) is 0. The van der Waals surface area contributed by atoms with E-state index in [9.17, 15) is 14.0 Å². The molecule has 2 heterocycles. The van der Waals surface area contributed by atoms with E-state index in [1.54, 1.807) is 19.1 Å². The molecule has 2 aromatic heterocycles. The molecule has 0 spiro atoms. The van der Waals surface area contributed by atoms with E-state index in [1.165, 1.54) is 34.4 Å². The first-order valence-corrected chi connectivity index (χ1v) is 9.87. The van der Waals surface area contributed by atoms with Crippen LogP contribution in [0.15, 0.2) is 71.1 Å². The van der Waals surface area contributed by atoms with Gasteiger partial charge < -0.3 is 4.74 Å². The fraction of sp³-hybridized carbons (Fsp3) is 0.136. The van der Waals surface area contributed by atoms with E-state index >= 15 is 0 Å². The number of aromatic nitrogens is 2. The fourth-order valence-electron chi connectivity index (χ4n) is 3.03. The van der Waals surface area contributed by atoms with Crippen molar-refractivity contribution >= 4 is 27.5 Å². The molecule has 0 aliphatic heterocycles. The van der Waals surface area contributed by atoms with Crippen LogP contribution < -0.4 is 5.56 Å². The highest BCUT2D eigenvalue weighted by Gasteiger charge is 2.21. The Labute approximate surface area is 170 Å². The van der Waals surface area contributed by atoms with E-state index in [0.29, 0.717) is 21.3 Å². The van der Waals surface area contributed by atoms with Gasteiger partial charge in [-0.1, -0.05) is 42.5 Å². The lowest BCUT2D eigenvalue weighted by molar-refractivity contribution is -0.148. The maximum Gasteiger partial charge on any atom is 0.329 e. The zero-order chi connectivity index (χ0) is 20.4.